The Hall–Kier alpha value is -2.67. The average molecular weight is 650 g/mol. The number of carbonyl (C=O) groups excluding carboxylic acids is 1. The molecular weight excluding hydrogens is 617 g/mol. The van der Waals surface area contributed by atoms with Crippen molar-refractivity contribution in [2.45, 2.75) is 63.3 Å². The van der Waals surface area contributed by atoms with Gasteiger partial charge in [0, 0.05) is 54.6 Å². The first kappa shape index (κ1) is 26.9. The molecule has 1 amide bonds. The van der Waals surface area contributed by atoms with Crippen LogP contribution in [0.15, 0.2) is 58.7 Å². The fourth-order valence-electron chi connectivity index (χ4n) is 4.89. The maximum absolute atomic E-state index is 13.6. The number of aromatic nitrogens is 4. The van der Waals surface area contributed by atoms with Crippen LogP contribution in [0.1, 0.15) is 53.0 Å². The van der Waals surface area contributed by atoms with E-state index in [0.717, 1.165) is 32.9 Å². The van der Waals surface area contributed by atoms with Crippen LogP contribution in [0, 0.1) is 0 Å². The Bertz CT molecular complexity index is 1540. The first-order chi connectivity index (χ1) is 17.9. The smallest absolute Gasteiger partial charge is 0.410 e. The maximum atomic E-state index is 13.6. The largest absolute Gasteiger partial charge is 0.444 e. The minimum atomic E-state index is -3.72. The highest BCUT2D eigenvalue weighted by atomic mass is 127. The molecule has 1 aliphatic heterocycles. The number of ether oxygens (including phenoxy) is 1. The fraction of sp³-hybridized carbons (Fsp3) is 0.444. The Morgan fingerprint density at radius 1 is 1.18 bits per heavy atom. The summed E-state index contributed by atoms with van der Waals surface area (Å²) in [7, 11) is -3.72. The first-order valence-corrected chi connectivity index (χ1v) is 15.2. The van der Waals surface area contributed by atoms with E-state index in [2.05, 4.69) is 32.7 Å². The number of hydrogen-bond donors (Lipinski definition) is 0. The van der Waals surface area contributed by atoms with Crippen LogP contribution in [0.5, 0.6) is 0 Å². The summed E-state index contributed by atoms with van der Waals surface area (Å²) < 4.78 is 35.9. The Morgan fingerprint density at radius 3 is 2.61 bits per heavy atom. The molecule has 3 aromatic heterocycles. The zero-order valence-electron chi connectivity index (χ0n) is 22.0. The van der Waals surface area contributed by atoms with Crippen molar-refractivity contribution in [3.05, 3.63) is 58.7 Å². The van der Waals surface area contributed by atoms with Crippen molar-refractivity contribution in [1.29, 1.82) is 0 Å². The van der Waals surface area contributed by atoms with Gasteiger partial charge in [-0.25, -0.2) is 22.2 Å². The molecule has 0 N–H and O–H groups in total. The standard InChI is InChI=1S/C27H32IN5O4S/c1-26(2,3)37-25(34)31-11-8-23(9-12-31)32-18-21(17-30-32)20-14-19-7-13-33(24(19)29-16-20)38(35,36)27(4)10-5-6-22(28)15-27/h5-7,10,13-14,16-18,23H,8-9,11-12,15H2,1-4H3. The summed E-state index contributed by atoms with van der Waals surface area (Å²) >= 11 is 2.18. The molecular formula is C27H32IN5O4S. The van der Waals surface area contributed by atoms with Crippen LogP contribution in [0.2, 0.25) is 0 Å². The molecule has 0 saturated carbocycles. The summed E-state index contributed by atoms with van der Waals surface area (Å²) in [5, 5.41) is 5.34. The number of amides is 1. The van der Waals surface area contributed by atoms with Crippen LogP contribution >= 0.6 is 22.6 Å². The average Bonchev–Trinajstić information content (AvgIpc) is 3.50. The highest BCUT2D eigenvalue weighted by Crippen LogP contribution is 2.36. The summed E-state index contributed by atoms with van der Waals surface area (Å²) in [4.78, 5) is 18.7. The number of fused-ring (bicyclic) bond motifs is 1. The summed E-state index contributed by atoms with van der Waals surface area (Å²) in [5.74, 6) is 0. The second-order valence-electron chi connectivity index (χ2n) is 11.1. The molecule has 1 saturated heterocycles. The number of piperidine rings is 1. The summed E-state index contributed by atoms with van der Waals surface area (Å²) in [6.07, 6.45) is 14.3. The molecule has 1 aliphatic carbocycles. The summed E-state index contributed by atoms with van der Waals surface area (Å²) in [6, 6.07) is 3.92. The summed E-state index contributed by atoms with van der Waals surface area (Å²) in [5.41, 5.74) is 1.68. The van der Waals surface area contributed by atoms with Crippen molar-refractivity contribution in [3.63, 3.8) is 0 Å². The minimum Gasteiger partial charge on any atom is -0.444 e. The Labute approximate surface area is 236 Å². The van der Waals surface area contributed by atoms with Gasteiger partial charge in [-0.05, 0) is 78.8 Å². The zero-order valence-corrected chi connectivity index (χ0v) is 24.9. The third kappa shape index (κ3) is 5.14. The van der Waals surface area contributed by atoms with Crippen LogP contribution in [0.25, 0.3) is 22.2 Å². The predicted octanol–water partition coefficient (Wildman–Crippen LogP) is 5.69. The number of allylic oxidation sites excluding steroid dienone is 3. The number of nitrogens with zero attached hydrogens (tertiary/aromatic N) is 5. The van der Waals surface area contributed by atoms with E-state index in [-0.39, 0.29) is 12.1 Å². The number of carbonyl (C=O) groups is 1. The molecule has 0 spiro atoms. The van der Waals surface area contributed by atoms with Gasteiger partial charge in [0.1, 0.15) is 10.3 Å². The number of rotatable bonds is 4. The maximum Gasteiger partial charge on any atom is 0.410 e. The normalized spacial score (nSPS) is 21.1. The van der Waals surface area contributed by atoms with Gasteiger partial charge in [0.05, 0.1) is 12.2 Å². The lowest BCUT2D eigenvalue weighted by atomic mass is 10.0. The summed E-state index contributed by atoms with van der Waals surface area (Å²) in [6.45, 7) is 8.60. The zero-order chi connectivity index (χ0) is 27.3. The molecule has 2 aliphatic rings. The number of hydrogen-bond acceptors (Lipinski definition) is 6. The van der Waals surface area contributed by atoms with Gasteiger partial charge in [-0.15, -0.1) is 0 Å². The molecule has 3 aromatic rings. The monoisotopic (exact) mass is 649 g/mol. The van der Waals surface area contributed by atoms with E-state index in [4.69, 9.17) is 4.74 Å². The Morgan fingerprint density at radius 2 is 1.92 bits per heavy atom. The second-order valence-corrected chi connectivity index (χ2v) is 14.8. The molecule has 4 heterocycles. The van der Waals surface area contributed by atoms with Crippen molar-refractivity contribution in [2.75, 3.05) is 13.1 Å². The van der Waals surface area contributed by atoms with Gasteiger partial charge in [0.15, 0.2) is 5.65 Å². The van der Waals surface area contributed by atoms with Crippen molar-refractivity contribution in [3.8, 4) is 11.1 Å². The quantitative estimate of drug-likeness (QED) is 0.337. The van der Waals surface area contributed by atoms with E-state index in [0.29, 0.717) is 25.2 Å². The van der Waals surface area contributed by atoms with Gasteiger partial charge in [0.25, 0.3) is 0 Å². The van der Waals surface area contributed by atoms with E-state index in [1.54, 1.807) is 48.6 Å². The second kappa shape index (κ2) is 9.82. The van der Waals surface area contributed by atoms with Gasteiger partial charge in [0.2, 0.25) is 10.0 Å². The van der Waals surface area contributed by atoms with Gasteiger partial charge in [-0.1, -0.05) is 18.2 Å². The number of likely N-dealkylation sites (tertiary alicyclic amines) is 1. The van der Waals surface area contributed by atoms with Crippen LogP contribution in [-0.4, -0.2) is 61.6 Å². The molecule has 38 heavy (non-hydrogen) atoms. The third-order valence-electron chi connectivity index (χ3n) is 7.01. The van der Waals surface area contributed by atoms with Gasteiger partial charge in [-0.2, -0.15) is 5.10 Å². The van der Waals surface area contributed by atoms with E-state index in [1.165, 1.54) is 3.97 Å². The van der Waals surface area contributed by atoms with E-state index < -0.39 is 20.4 Å². The van der Waals surface area contributed by atoms with Crippen LogP contribution in [0.4, 0.5) is 4.79 Å². The lowest BCUT2D eigenvalue weighted by Gasteiger charge is -2.33. The molecule has 1 unspecified atom stereocenters. The Kier molecular flexibility index (Phi) is 6.95. The minimum absolute atomic E-state index is 0.187. The molecule has 1 fully saturated rings. The highest BCUT2D eigenvalue weighted by molar-refractivity contribution is 14.1. The molecule has 9 nitrogen and oxygen atoms in total. The molecule has 0 radical (unpaired) electrons. The molecule has 1 atom stereocenters. The Balaban J connectivity index is 1.32. The van der Waals surface area contributed by atoms with Crippen LogP contribution < -0.4 is 0 Å². The molecule has 5 rings (SSSR count). The van der Waals surface area contributed by atoms with Crippen molar-refractivity contribution >= 4 is 49.7 Å². The van der Waals surface area contributed by atoms with Crippen molar-refractivity contribution < 1.29 is 17.9 Å². The molecule has 202 valence electrons. The number of pyridine rings is 1. The fourth-order valence-corrected chi connectivity index (χ4v) is 7.79. The van der Waals surface area contributed by atoms with Crippen LogP contribution in [-0.2, 0) is 14.8 Å². The van der Waals surface area contributed by atoms with Gasteiger partial charge in [-0.3, -0.25) is 4.68 Å². The topological polar surface area (TPSA) is 99.3 Å². The predicted molar refractivity (Wildman–Crippen MR) is 156 cm³/mol. The van der Waals surface area contributed by atoms with Crippen LogP contribution in [0.3, 0.4) is 0 Å². The third-order valence-corrected chi connectivity index (χ3v) is 10.0. The highest BCUT2D eigenvalue weighted by Gasteiger charge is 2.40. The van der Waals surface area contributed by atoms with E-state index >= 15 is 0 Å². The molecule has 0 aromatic carbocycles. The first-order valence-electron chi connectivity index (χ1n) is 12.6. The molecule has 11 heteroatoms. The molecule has 0 bridgehead atoms. The lowest BCUT2D eigenvalue weighted by Crippen LogP contribution is -2.42. The van der Waals surface area contributed by atoms with E-state index in [9.17, 15) is 13.2 Å². The van der Waals surface area contributed by atoms with Crippen molar-refractivity contribution in [2.24, 2.45) is 0 Å². The lowest BCUT2D eigenvalue weighted by molar-refractivity contribution is 0.0185. The van der Waals surface area contributed by atoms with Crippen molar-refractivity contribution in [1.82, 2.24) is 23.6 Å². The SMILES string of the molecule is CC(C)(C)OC(=O)N1CCC(n2cc(-c3cnc4c(ccn4S(=O)(=O)C4(C)C=CC=C(I)C4)c3)cn2)CC1. The van der Waals surface area contributed by atoms with Gasteiger partial charge >= 0.3 is 6.09 Å². The number of halogens is 1. The van der Waals surface area contributed by atoms with E-state index in [1.807, 2.05) is 43.8 Å². The van der Waals surface area contributed by atoms with Gasteiger partial charge < -0.3 is 9.64 Å².